The van der Waals surface area contributed by atoms with Gasteiger partial charge < -0.3 is 10.2 Å². The van der Waals surface area contributed by atoms with Crippen LogP contribution in [-0.4, -0.2) is 44.3 Å². The molecule has 0 aromatic heterocycles. The van der Waals surface area contributed by atoms with E-state index < -0.39 is 28.5 Å². The highest BCUT2D eigenvalue weighted by Gasteiger charge is 2.34. The Morgan fingerprint density at radius 3 is 2.13 bits per heavy atom. The normalized spacial score (nSPS) is 12.0. The van der Waals surface area contributed by atoms with Crippen LogP contribution in [-0.2, 0) is 26.2 Å². The molecular weight excluding hydrogens is 581 g/mol. The minimum atomic E-state index is -4.22. The summed E-state index contributed by atoms with van der Waals surface area (Å²) in [4.78, 5) is 28.5. The second-order valence-electron chi connectivity index (χ2n) is 8.78. The third kappa shape index (κ3) is 7.88. The number of nitrogens with zero attached hydrogens (tertiary/aromatic N) is 2. The van der Waals surface area contributed by atoms with Gasteiger partial charge in [0.05, 0.1) is 15.6 Å². The molecule has 208 valence electrons. The number of anilines is 1. The molecule has 0 heterocycles. The highest BCUT2D eigenvalue weighted by Crippen LogP contribution is 2.33. The average molecular weight is 611 g/mol. The summed E-state index contributed by atoms with van der Waals surface area (Å²) in [5, 5.41) is 3.75. The largest absolute Gasteiger partial charge is 0.354 e. The lowest BCUT2D eigenvalue weighted by Gasteiger charge is -2.33. The summed E-state index contributed by atoms with van der Waals surface area (Å²) in [6.07, 6.45) is 1.05. The summed E-state index contributed by atoms with van der Waals surface area (Å²) in [5.74, 6) is -0.891. The SMILES string of the molecule is CCCNC(=O)C(CC)N(Cc1ccc(Cl)cc1)C(=O)CN(c1ccc(Cl)cc1Cl)S(=O)(=O)c1ccccc1. The van der Waals surface area contributed by atoms with E-state index in [9.17, 15) is 18.0 Å². The fourth-order valence-electron chi connectivity index (χ4n) is 3.99. The maximum absolute atomic E-state index is 14.0. The van der Waals surface area contributed by atoms with Gasteiger partial charge >= 0.3 is 0 Å². The van der Waals surface area contributed by atoms with E-state index in [0.29, 0.717) is 23.0 Å². The smallest absolute Gasteiger partial charge is 0.264 e. The summed E-state index contributed by atoms with van der Waals surface area (Å²) in [6, 6.07) is 18.2. The third-order valence-corrected chi connectivity index (χ3v) is 8.55. The van der Waals surface area contributed by atoms with E-state index in [1.165, 1.54) is 35.2 Å². The van der Waals surface area contributed by atoms with Gasteiger partial charge in [0.2, 0.25) is 11.8 Å². The molecule has 0 saturated heterocycles. The molecule has 3 aromatic rings. The number of sulfonamides is 1. The van der Waals surface area contributed by atoms with Gasteiger partial charge in [-0.05, 0) is 60.9 Å². The van der Waals surface area contributed by atoms with Crippen LogP contribution in [0, 0.1) is 0 Å². The molecule has 0 aliphatic rings. The van der Waals surface area contributed by atoms with E-state index in [1.807, 2.05) is 6.92 Å². The van der Waals surface area contributed by atoms with Crippen molar-refractivity contribution in [2.45, 2.75) is 44.2 Å². The highest BCUT2D eigenvalue weighted by atomic mass is 35.5. The van der Waals surface area contributed by atoms with Gasteiger partial charge in [0.25, 0.3) is 10.0 Å². The van der Waals surface area contributed by atoms with Crippen LogP contribution in [0.15, 0.2) is 77.7 Å². The van der Waals surface area contributed by atoms with Crippen LogP contribution in [0.3, 0.4) is 0 Å². The summed E-state index contributed by atoms with van der Waals surface area (Å²) in [5.41, 5.74) is 0.824. The third-order valence-electron chi connectivity index (χ3n) is 5.99. The molecule has 0 radical (unpaired) electrons. The molecular formula is C28H30Cl3N3O4S. The zero-order valence-electron chi connectivity index (χ0n) is 21.6. The molecule has 7 nitrogen and oxygen atoms in total. The van der Waals surface area contributed by atoms with Crippen LogP contribution in [0.4, 0.5) is 5.69 Å². The molecule has 0 bridgehead atoms. The zero-order chi connectivity index (χ0) is 28.6. The average Bonchev–Trinajstić information content (AvgIpc) is 2.92. The Morgan fingerprint density at radius 1 is 0.897 bits per heavy atom. The van der Waals surface area contributed by atoms with Crippen molar-refractivity contribution < 1.29 is 18.0 Å². The molecule has 39 heavy (non-hydrogen) atoms. The number of rotatable bonds is 12. The minimum Gasteiger partial charge on any atom is -0.354 e. The van der Waals surface area contributed by atoms with Gasteiger partial charge in [-0.15, -0.1) is 0 Å². The molecule has 2 amide bonds. The molecule has 0 aliphatic heterocycles. The van der Waals surface area contributed by atoms with E-state index in [1.54, 1.807) is 49.4 Å². The maximum Gasteiger partial charge on any atom is 0.264 e. The van der Waals surface area contributed by atoms with Gasteiger partial charge in [-0.2, -0.15) is 0 Å². The predicted molar refractivity (Wildman–Crippen MR) is 157 cm³/mol. The molecule has 3 aromatic carbocycles. The van der Waals surface area contributed by atoms with Crippen LogP contribution >= 0.6 is 34.8 Å². The van der Waals surface area contributed by atoms with E-state index in [4.69, 9.17) is 34.8 Å². The summed E-state index contributed by atoms with van der Waals surface area (Å²) in [7, 11) is -4.22. The lowest BCUT2D eigenvalue weighted by Crippen LogP contribution is -2.52. The molecule has 11 heteroatoms. The first-order valence-electron chi connectivity index (χ1n) is 12.4. The first kappa shape index (κ1) is 30.8. The number of hydrogen-bond donors (Lipinski definition) is 1. The number of halogens is 3. The zero-order valence-corrected chi connectivity index (χ0v) is 24.7. The van der Waals surface area contributed by atoms with Gasteiger partial charge in [0.15, 0.2) is 0 Å². The van der Waals surface area contributed by atoms with Crippen molar-refractivity contribution in [1.29, 1.82) is 0 Å². The molecule has 0 saturated carbocycles. The molecule has 0 spiro atoms. The molecule has 0 aliphatic carbocycles. The van der Waals surface area contributed by atoms with E-state index in [0.717, 1.165) is 16.3 Å². The standard InChI is InChI=1S/C28H30Cl3N3O4S/c1-3-16-32-28(36)25(4-2)33(18-20-10-12-21(29)13-11-20)27(35)19-34(26-15-14-22(30)17-24(26)31)39(37,38)23-8-6-5-7-9-23/h5-15,17,25H,3-4,16,18-19H2,1-2H3,(H,32,36). The van der Waals surface area contributed by atoms with Crippen LogP contribution in [0.5, 0.6) is 0 Å². The number of benzene rings is 3. The van der Waals surface area contributed by atoms with Gasteiger partial charge in [-0.25, -0.2) is 8.42 Å². The Balaban J connectivity index is 2.07. The molecule has 3 rings (SSSR count). The Bertz CT molecular complexity index is 1390. The van der Waals surface area contributed by atoms with Crippen molar-refractivity contribution in [3.8, 4) is 0 Å². The number of carbonyl (C=O) groups excluding carboxylic acids is 2. The summed E-state index contributed by atoms with van der Waals surface area (Å²) >= 11 is 18.5. The summed E-state index contributed by atoms with van der Waals surface area (Å²) < 4.78 is 28.6. The van der Waals surface area contributed by atoms with Crippen molar-refractivity contribution in [2.24, 2.45) is 0 Å². The lowest BCUT2D eigenvalue weighted by atomic mass is 10.1. The Morgan fingerprint density at radius 2 is 1.54 bits per heavy atom. The van der Waals surface area contributed by atoms with E-state index in [2.05, 4.69) is 5.32 Å². The van der Waals surface area contributed by atoms with Crippen LogP contribution < -0.4 is 9.62 Å². The molecule has 0 fully saturated rings. The molecule has 1 N–H and O–H groups in total. The first-order chi connectivity index (χ1) is 18.6. The quantitative estimate of drug-likeness (QED) is 0.266. The predicted octanol–water partition coefficient (Wildman–Crippen LogP) is 6.18. The van der Waals surface area contributed by atoms with Gasteiger partial charge in [-0.3, -0.25) is 13.9 Å². The van der Waals surface area contributed by atoms with Crippen molar-refractivity contribution in [3.05, 3.63) is 93.4 Å². The Hall–Kier alpha value is -2.78. The van der Waals surface area contributed by atoms with Crippen LogP contribution in [0.1, 0.15) is 32.3 Å². The number of carbonyl (C=O) groups is 2. The van der Waals surface area contributed by atoms with Crippen molar-refractivity contribution in [1.82, 2.24) is 10.2 Å². The monoisotopic (exact) mass is 609 g/mol. The number of hydrogen-bond acceptors (Lipinski definition) is 4. The van der Waals surface area contributed by atoms with Gasteiger partial charge in [-0.1, -0.05) is 79.0 Å². The fourth-order valence-corrected chi connectivity index (χ4v) is 6.13. The van der Waals surface area contributed by atoms with Gasteiger partial charge in [0.1, 0.15) is 12.6 Å². The van der Waals surface area contributed by atoms with Crippen LogP contribution in [0.25, 0.3) is 0 Å². The number of amides is 2. The Labute approximate surface area is 244 Å². The van der Waals surface area contributed by atoms with Gasteiger partial charge in [0, 0.05) is 23.1 Å². The lowest BCUT2D eigenvalue weighted by molar-refractivity contribution is -0.140. The molecule has 1 atom stereocenters. The minimum absolute atomic E-state index is 0.0131. The van der Waals surface area contributed by atoms with Crippen molar-refractivity contribution >= 4 is 62.3 Å². The van der Waals surface area contributed by atoms with Crippen molar-refractivity contribution in [3.63, 3.8) is 0 Å². The van der Waals surface area contributed by atoms with Crippen LogP contribution in [0.2, 0.25) is 15.1 Å². The number of nitrogens with one attached hydrogen (secondary N) is 1. The van der Waals surface area contributed by atoms with E-state index in [-0.39, 0.29) is 28.1 Å². The second-order valence-corrected chi connectivity index (χ2v) is 11.9. The van der Waals surface area contributed by atoms with E-state index >= 15 is 0 Å². The maximum atomic E-state index is 14.0. The second kappa shape index (κ2) is 14.0. The Kier molecular flexibility index (Phi) is 11.1. The topological polar surface area (TPSA) is 86.8 Å². The summed E-state index contributed by atoms with van der Waals surface area (Å²) in [6.45, 7) is 3.66. The fraction of sp³-hybridized carbons (Fsp3) is 0.286. The highest BCUT2D eigenvalue weighted by molar-refractivity contribution is 7.92. The molecule has 1 unspecified atom stereocenters. The van der Waals surface area contributed by atoms with Crippen molar-refractivity contribution in [2.75, 3.05) is 17.4 Å². The first-order valence-corrected chi connectivity index (χ1v) is 15.0.